The maximum atomic E-state index is 10.5. The summed E-state index contributed by atoms with van der Waals surface area (Å²) in [7, 11) is 1.59. The number of aliphatic hydroxyl groups is 1. The molecule has 1 aromatic rings. The molecular formula is C15H22ClNO2. The molecule has 1 aliphatic heterocycles. The van der Waals surface area contributed by atoms with Crippen LogP contribution in [0.2, 0.25) is 5.02 Å². The van der Waals surface area contributed by atoms with E-state index in [-0.39, 0.29) is 6.04 Å². The Morgan fingerprint density at radius 2 is 2.32 bits per heavy atom. The van der Waals surface area contributed by atoms with E-state index in [1.165, 1.54) is 12.8 Å². The van der Waals surface area contributed by atoms with Crippen LogP contribution >= 0.6 is 11.6 Å². The third-order valence-corrected chi connectivity index (χ3v) is 4.32. The molecule has 0 radical (unpaired) electrons. The molecule has 0 amide bonds. The van der Waals surface area contributed by atoms with Gasteiger partial charge in [0.05, 0.1) is 18.2 Å². The minimum atomic E-state index is -0.516. The topological polar surface area (TPSA) is 41.5 Å². The number of rotatable bonds is 4. The van der Waals surface area contributed by atoms with E-state index in [2.05, 4.69) is 12.2 Å². The van der Waals surface area contributed by atoms with Gasteiger partial charge < -0.3 is 15.2 Å². The van der Waals surface area contributed by atoms with Gasteiger partial charge in [0.15, 0.2) is 0 Å². The lowest BCUT2D eigenvalue weighted by molar-refractivity contribution is 0.0978. The third-order valence-electron chi connectivity index (χ3n) is 4.02. The minimum absolute atomic E-state index is 0.114. The second-order valence-corrected chi connectivity index (χ2v) is 5.61. The lowest BCUT2D eigenvalue weighted by atomic mass is 9.86. The molecule has 19 heavy (non-hydrogen) atoms. The first-order valence-corrected chi connectivity index (χ1v) is 7.28. The van der Waals surface area contributed by atoms with Crippen LogP contribution in [0.4, 0.5) is 0 Å². The van der Waals surface area contributed by atoms with E-state index in [4.69, 9.17) is 16.3 Å². The lowest BCUT2D eigenvalue weighted by Crippen LogP contribution is -2.42. The monoisotopic (exact) mass is 283 g/mol. The highest BCUT2D eigenvalue weighted by molar-refractivity contribution is 6.32. The Bertz CT molecular complexity index is 425. The zero-order chi connectivity index (χ0) is 13.8. The van der Waals surface area contributed by atoms with Gasteiger partial charge in [0, 0.05) is 6.04 Å². The molecule has 2 rings (SSSR count). The maximum absolute atomic E-state index is 10.5. The SMILES string of the molecule is CCC1CCNC(C(O)c2ccc(OC)c(Cl)c2)C1. The zero-order valence-electron chi connectivity index (χ0n) is 11.5. The second-order valence-electron chi connectivity index (χ2n) is 5.20. The van der Waals surface area contributed by atoms with Crippen LogP contribution in [0, 0.1) is 5.92 Å². The Balaban J connectivity index is 2.10. The first-order chi connectivity index (χ1) is 9.15. The van der Waals surface area contributed by atoms with Crippen molar-refractivity contribution in [1.82, 2.24) is 5.32 Å². The minimum Gasteiger partial charge on any atom is -0.495 e. The first kappa shape index (κ1) is 14.6. The van der Waals surface area contributed by atoms with Crippen LogP contribution in [-0.4, -0.2) is 24.8 Å². The van der Waals surface area contributed by atoms with Crippen LogP contribution in [0.25, 0.3) is 0 Å². The molecule has 106 valence electrons. The Morgan fingerprint density at radius 1 is 1.53 bits per heavy atom. The van der Waals surface area contributed by atoms with E-state index in [1.54, 1.807) is 19.2 Å². The standard InChI is InChI=1S/C15H22ClNO2/c1-3-10-6-7-17-13(8-10)15(18)11-4-5-14(19-2)12(16)9-11/h4-5,9-10,13,15,17-18H,3,6-8H2,1-2H3. The molecule has 4 heteroatoms. The predicted octanol–water partition coefficient (Wildman–Crippen LogP) is 3.16. The molecule has 1 aliphatic rings. The van der Waals surface area contributed by atoms with Gasteiger partial charge in [0.2, 0.25) is 0 Å². The van der Waals surface area contributed by atoms with Crippen molar-refractivity contribution in [2.75, 3.05) is 13.7 Å². The van der Waals surface area contributed by atoms with E-state index in [0.717, 1.165) is 18.5 Å². The Hall–Kier alpha value is -0.770. The fourth-order valence-electron chi connectivity index (χ4n) is 2.74. The molecule has 2 N–H and O–H groups in total. The van der Waals surface area contributed by atoms with Gasteiger partial charge in [0.25, 0.3) is 0 Å². The van der Waals surface area contributed by atoms with Gasteiger partial charge in [-0.1, -0.05) is 31.0 Å². The van der Waals surface area contributed by atoms with Crippen molar-refractivity contribution in [3.8, 4) is 5.75 Å². The van der Waals surface area contributed by atoms with Gasteiger partial charge >= 0.3 is 0 Å². The summed E-state index contributed by atoms with van der Waals surface area (Å²) in [6.45, 7) is 3.19. The molecule has 1 heterocycles. The summed E-state index contributed by atoms with van der Waals surface area (Å²) in [5.41, 5.74) is 0.847. The Morgan fingerprint density at radius 3 is 2.95 bits per heavy atom. The van der Waals surface area contributed by atoms with Crippen LogP contribution < -0.4 is 10.1 Å². The van der Waals surface area contributed by atoms with Gasteiger partial charge in [-0.15, -0.1) is 0 Å². The lowest BCUT2D eigenvalue weighted by Gasteiger charge is -2.33. The normalized spacial score (nSPS) is 25.1. The van der Waals surface area contributed by atoms with E-state index in [0.29, 0.717) is 16.7 Å². The van der Waals surface area contributed by atoms with Crippen molar-refractivity contribution in [3.63, 3.8) is 0 Å². The van der Waals surface area contributed by atoms with Crippen molar-refractivity contribution in [2.45, 2.75) is 38.3 Å². The van der Waals surface area contributed by atoms with Gasteiger partial charge in [0.1, 0.15) is 5.75 Å². The highest BCUT2D eigenvalue weighted by atomic mass is 35.5. The molecule has 1 saturated heterocycles. The smallest absolute Gasteiger partial charge is 0.137 e. The zero-order valence-corrected chi connectivity index (χ0v) is 12.3. The number of hydrogen-bond donors (Lipinski definition) is 2. The molecule has 3 nitrogen and oxygen atoms in total. The maximum Gasteiger partial charge on any atom is 0.137 e. The Labute approximate surface area is 119 Å². The van der Waals surface area contributed by atoms with Crippen molar-refractivity contribution in [2.24, 2.45) is 5.92 Å². The highest BCUT2D eigenvalue weighted by Crippen LogP contribution is 2.32. The number of nitrogens with one attached hydrogen (secondary N) is 1. The van der Waals surface area contributed by atoms with E-state index in [9.17, 15) is 5.11 Å². The second kappa shape index (κ2) is 6.60. The highest BCUT2D eigenvalue weighted by Gasteiger charge is 2.27. The summed E-state index contributed by atoms with van der Waals surface area (Å²) in [5, 5.41) is 14.4. The Kier molecular flexibility index (Phi) is 5.08. The summed E-state index contributed by atoms with van der Waals surface area (Å²) in [4.78, 5) is 0. The first-order valence-electron chi connectivity index (χ1n) is 6.90. The van der Waals surface area contributed by atoms with Gasteiger partial charge in [-0.25, -0.2) is 0 Å². The average Bonchev–Trinajstić information content (AvgIpc) is 2.46. The van der Waals surface area contributed by atoms with Crippen LogP contribution in [0.15, 0.2) is 18.2 Å². The van der Waals surface area contributed by atoms with Crippen molar-refractivity contribution >= 4 is 11.6 Å². The predicted molar refractivity (Wildman–Crippen MR) is 77.8 cm³/mol. The van der Waals surface area contributed by atoms with E-state index >= 15 is 0 Å². The summed E-state index contributed by atoms with van der Waals surface area (Å²) in [6, 6.07) is 5.60. The quantitative estimate of drug-likeness (QED) is 0.892. The number of hydrogen-bond acceptors (Lipinski definition) is 3. The summed E-state index contributed by atoms with van der Waals surface area (Å²) in [6.07, 6.45) is 2.87. The number of halogens is 1. The molecular weight excluding hydrogens is 262 g/mol. The molecule has 3 unspecified atom stereocenters. The molecule has 1 fully saturated rings. The summed E-state index contributed by atoms with van der Waals surface area (Å²) in [5.74, 6) is 1.34. The summed E-state index contributed by atoms with van der Waals surface area (Å²) >= 11 is 6.11. The summed E-state index contributed by atoms with van der Waals surface area (Å²) < 4.78 is 5.13. The number of piperidine rings is 1. The molecule has 0 spiro atoms. The molecule has 0 bridgehead atoms. The fraction of sp³-hybridized carbons (Fsp3) is 0.600. The number of aliphatic hydroxyl groups excluding tert-OH is 1. The number of ether oxygens (including phenoxy) is 1. The number of benzene rings is 1. The van der Waals surface area contributed by atoms with Crippen molar-refractivity contribution in [3.05, 3.63) is 28.8 Å². The van der Waals surface area contributed by atoms with Crippen LogP contribution in [0.3, 0.4) is 0 Å². The third kappa shape index (κ3) is 3.41. The molecule has 3 atom stereocenters. The molecule has 1 aromatic carbocycles. The van der Waals surface area contributed by atoms with Crippen LogP contribution in [0.5, 0.6) is 5.75 Å². The van der Waals surface area contributed by atoms with Gasteiger partial charge in [-0.2, -0.15) is 0 Å². The number of methoxy groups -OCH3 is 1. The van der Waals surface area contributed by atoms with Gasteiger partial charge in [-0.3, -0.25) is 0 Å². The van der Waals surface area contributed by atoms with E-state index in [1.807, 2.05) is 6.07 Å². The van der Waals surface area contributed by atoms with Crippen LogP contribution in [-0.2, 0) is 0 Å². The van der Waals surface area contributed by atoms with Crippen LogP contribution in [0.1, 0.15) is 37.9 Å². The van der Waals surface area contributed by atoms with Crippen molar-refractivity contribution in [1.29, 1.82) is 0 Å². The largest absolute Gasteiger partial charge is 0.495 e. The van der Waals surface area contributed by atoms with Crippen molar-refractivity contribution < 1.29 is 9.84 Å². The average molecular weight is 284 g/mol. The van der Waals surface area contributed by atoms with E-state index < -0.39 is 6.10 Å². The molecule has 0 aliphatic carbocycles. The molecule has 0 saturated carbocycles. The van der Waals surface area contributed by atoms with Gasteiger partial charge in [-0.05, 0) is 43.0 Å². The fourth-order valence-corrected chi connectivity index (χ4v) is 3.01. The molecule has 0 aromatic heterocycles.